The van der Waals surface area contributed by atoms with Gasteiger partial charge in [-0.15, -0.1) is 0 Å². The molecular formula is C29H40O9P2. The summed E-state index contributed by atoms with van der Waals surface area (Å²) in [5.41, 5.74) is 2.62. The van der Waals surface area contributed by atoms with Gasteiger partial charge in [0.2, 0.25) is 0 Å². The van der Waals surface area contributed by atoms with Gasteiger partial charge in [-0.05, 0) is 27.8 Å². The lowest BCUT2D eigenvalue weighted by molar-refractivity contribution is -0.0857. The average Bonchev–Trinajstić information content (AvgIpc) is 2.94. The van der Waals surface area contributed by atoms with E-state index in [2.05, 4.69) is 62.3 Å². The van der Waals surface area contributed by atoms with Crippen molar-refractivity contribution in [2.24, 2.45) is 5.41 Å². The molecule has 0 aliphatic carbocycles. The van der Waals surface area contributed by atoms with Crippen LogP contribution in [0.4, 0.5) is 0 Å². The van der Waals surface area contributed by atoms with Gasteiger partial charge < -0.3 is 40.0 Å². The highest BCUT2D eigenvalue weighted by molar-refractivity contribution is 7.53. The van der Waals surface area contributed by atoms with Gasteiger partial charge in [-0.3, -0.25) is 0 Å². The molecule has 0 radical (unpaired) electrons. The molecule has 40 heavy (non-hydrogen) atoms. The zero-order chi connectivity index (χ0) is 30.1. The Hall–Kier alpha value is -1.84. The Bertz CT molecular complexity index is 1150. The standard InChI is InChI=1S/C29H36O4.H4O5P2/c1-27(2,21-11-7-5-8-12-21)23-15-16-24(26(33)29(18-30,19-31)20-32)25(17-23)28(3,4)22-13-9-6-10-14-22;1-6(2)5-7(3)4/h5-17,26,30-33H,18-20H2,1-4H3;1-4H. The Labute approximate surface area is 238 Å². The highest BCUT2D eigenvalue weighted by Gasteiger charge is 2.41. The van der Waals surface area contributed by atoms with Gasteiger partial charge in [0.05, 0.1) is 31.3 Å². The van der Waals surface area contributed by atoms with Crippen LogP contribution in [0.15, 0.2) is 78.9 Å². The fourth-order valence-electron chi connectivity index (χ4n) is 4.56. The smallest absolute Gasteiger partial charge is 0.334 e. The summed E-state index contributed by atoms with van der Waals surface area (Å²) in [6.07, 6.45) is -1.25. The first-order valence-corrected chi connectivity index (χ1v) is 14.9. The maximum Gasteiger partial charge on any atom is 0.334 e. The van der Waals surface area contributed by atoms with E-state index in [1.54, 1.807) is 0 Å². The average molecular weight is 595 g/mol. The van der Waals surface area contributed by atoms with Gasteiger partial charge in [-0.25, -0.2) is 4.31 Å². The molecule has 0 aromatic heterocycles. The van der Waals surface area contributed by atoms with Crippen LogP contribution in [0.1, 0.15) is 61.6 Å². The van der Waals surface area contributed by atoms with Crippen LogP contribution < -0.4 is 0 Å². The third-order valence-electron chi connectivity index (χ3n) is 7.40. The zero-order valence-corrected chi connectivity index (χ0v) is 24.9. The van der Waals surface area contributed by atoms with Crippen LogP contribution in [0, 0.1) is 5.41 Å². The molecule has 3 rings (SSSR count). The Balaban J connectivity index is 0.000000708. The van der Waals surface area contributed by atoms with Gasteiger partial charge in [-0.2, -0.15) is 0 Å². The summed E-state index contributed by atoms with van der Waals surface area (Å²) in [5.74, 6) is 0. The van der Waals surface area contributed by atoms with Crippen molar-refractivity contribution in [1.82, 2.24) is 0 Å². The van der Waals surface area contributed by atoms with Crippen molar-refractivity contribution in [3.63, 3.8) is 0 Å². The van der Waals surface area contributed by atoms with Gasteiger partial charge in [-0.1, -0.05) is 107 Å². The molecule has 0 saturated carbocycles. The normalized spacial score (nSPS) is 13.2. The molecule has 8 N–H and O–H groups in total. The van der Waals surface area contributed by atoms with Gasteiger partial charge in [0.15, 0.2) is 0 Å². The number of rotatable bonds is 11. The van der Waals surface area contributed by atoms with E-state index in [-0.39, 0.29) is 5.41 Å². The van der Waals surface area contributed by atoms with Crippen molar-refractivity contribution in [1.29, 1.82) is 0 Å². The first kappa shape index (κ1) is 34.4. The van der Waals surface area contributed by atoms with Gasteiger partial charge in [0.25, 0.3) is 0 Å². The van der Waals surface area contributed by atoms with Crippen molar-refractivity contribution < 1.29 is 44.3 Å². The topological polar surface area (TPSA) is 171 Å². The number of benzene rings is 3. The van der Waals surface area contributed by atoms with E-state index in [0.717, 1.165) is 16.7 Å². The van der Waals surface area contributed by atoms with Crippen LogP contribution in [-0.2, 0) is 15.1 Å². The van der Waals surface area contributed by atoms with Gasteiger partial charge in [0.1, 0.15) is 0 Å². The predicted octanol–water partition coefficient (Wildman–Crippen LogP) is 3.76. The summed E-state index contributed by atoms with van der Waals surface area (Å²) in [4.78, 5) is 31.3. The molecule has 220 valence electrons. The molecular weight excluding hydrogens is 554 g/mol. The second kappa shape index (κ2) is 14.9. The molecule has 0 bridgehead atoms. The minimum Gasteiger partial charge on any atom is -0.395 e. The van der Waals surface area contributed by atoms with Gasteiger partial charge >= 0.3 is 17.2 Å². The van der Waals surface area contributed by atoms with Crippen LogP contribution in [0.2, 0.25) is 0 Å². The number of hydrogen-bond donors (Lipinski definition) is 8. The number of aliphatic hydroxyl groups is 4. The maximum atomic E-state index is 11.4. The lowest BCUT2D eigenvalue weighted by atomic mass is 9.69. The molecule has 0 spiro atoms. The third-order valence-corrected chi connectivity index (χ3v) is 8.57. The van der Waals surface area contributed by atoms with E-state index in [4.69, 9.17) is 19.6 Å². The second-order valence-electron chi connectivity index (χ2n) is 10.6. The van der Waals surface area contributed by atoms with E-state index in [0.29, 0.717) is 5.56 Å². The lowest BCUT2D eigenvalue weighted by Gasteiger charge is -2.38. The quantitative estimate of drug-likeness (QED) is 0.154. The Kier molecular flexibility index (Phi) is 12.8. The molecule has 0 saturated heterocycles. The first-order valence-electron chi connectivity index (χ1n) is 12.6. The summed E-state index contributed by atoms with van der Waals surface area (Å²) in [6, 6.07) is 26.3. The number of hydrogen-bond acceptors (Lipinski definition) is 9. The predicted molar refractivity (Wildman–Crippen MR) is 156 cm³/mol. The highest BCUT2D eigenvalue weighted by atomic mass is 31.2. The van der Waals surface area contributed by atoms with E-state index < -0.39 is 54.0 Å². The van der Waals surface area contributed by atoms with Crippen LogP contribution in [0.3, 0.4) is 0 Å². The minimum absolute atomic E-state index is 0.283. The van der Waals surface area contributed by atoms with Crippen molar-refractivity contribution in [3.05, 3.63) is 107 Å². The summed E-state index contributed by atoms with van der Waals surface area (Å²) in [5, 5.41) is 41.3. The largest absolute Gasteiger partial charge is 0.395 e. The molecule has 0 aliphatic rings. The third kappa shape index (κ3) is 8.13. The minimum atomic E-state index is -2.61. The second-order valence-corrected chi connectivity index (χ2v) is 12.3. The van der Waals surface area contributed by atoms with Crippen LogP contribution >= 0.6 is 17.2 Å². The summed E-state index contributed by atoms with van der Waals surface area (Å²) < 4.78 is 3.60. The molecule has 11 heteroatoms. The maximum absolute atomic E-state index is 11.4. The molecule has 3 aromatic carbocycles. The van der Waals surface area contributed by atoms with Crippen molar-refractivity contribution in [2.45, 2.75) is 44.6 Å². The Morgan fingerprint density at radius 3 is 1.43 bits per heavy atom. The molecule has 0 heterocycles. The number of aliphatic hydroxyl groups excluding tert-OH is 4. The zero-order valence-electron chi connectivity index (χ0n) is 23.1. The van der Waals surface area contributed by atoms with Crippen molar-refractivity contribution >= 4 is 17.2 Å². The molecule has 0 amide bonds. The van der Waals surface area contributed by atoms with Crippen LogP contribution in [0.25, 0.3) is 0 Å². The monoisotopic (exact) mass is 594 g/mol. The lowest BCUT2D eigenvalue weighted by Crippen LogP contribution is -2.41. The SMILES string of the molecule is CC(C)(c1ccccc1)c1ccc(C(O)C(CO)(CO)CO)c(C(C)(C)c2ccccc2)c1.OP(O)OP(O)O. The fraction of sp³-hybridized carbons (Fsp3) is 0.379. The fourth-order valence-corrected chi connectivity index (χ4v) is 5.08. The van der Waals surface area contributed by atoms with Crippen LogP contribution in [-0.4, -0.2) is 59.8 Å². The van der Waals surface area contributed by atoms with Gasteiger partial charge in [0, 0.05) is 10.8 Å². The van der Waals surface area contributed by atoms with E-state index in [9.17, 15) is 20.4 Å². The molecule has 0 aliphatic heterocycles. The summed E-state index contributed by atoms with van der Waals surface area (Å²) in [6.45, 7) is 6.94. The Morgan fingerprint density at radius 2 is 1.05 bits per heavy atom. The van der Waals surface area contributed by atoms with Crippen molar-refractivity contribution in [2.75, 3.05) is 19.8 Å². The van der Waals surface area contributed by atoms with E-state index in [1.807, 2.05) is 48.5 Å². The summed E-state index contributed by atoms with van der Waals surface area (Å²) >= 11 is 0. The highest BCUT2D eigenvalue weighted by Crippen LogP contribution is 2.44. The van der Waals surface area contributed by atoms with Crippen LogP contribution in [0.5, 0.6) is 0 Å². The summed E-state index contributed by atoms with van der Waals surface area (Å²) in [7, 11) is -5.22. The molecule has 1 unspecified atom stereocenters. The van der Waals surface area contributed by atoms with E-state index in [1.165, 1.54) is 5.56 Å². The first-order chi connectivity index (χ1) is 18.8. The van der Waals surface area contributed by atoms with Crippen molar-refractivity contribution in [3.8, 4) is 0 Å². The molecule has 9 nitrogen and oxygen atoms in total. The Morgan fingerprint density at radius 1 is 0.625 bits per heavy atom. The molecule has 3 aromatic rings. The molecule has 0 fully saturated rings. The molecule has 1 atom stereocenters. The van der Waals surface area contributed by atoms with E-state index >= 15 is 0 Å².